The number of carbonyl (C=O) groups is 1. The molecule has 1 aromatic heterocycles. The van der Waals surface area contributed by atoms with Crippen molar-refractivity contribution in [1.29, 1.82) is 0 Å². The molecule has 20 heavy (non-hydrogen) atoms. The lowest BCUT2D eigenvalue weighted by Crippen LogP contribution is -2.36. The zero-order valence-corrected chi connectivity index (χ0v) is 12.9. The number of sulfone groups is 1. The summed E-state index contributed by atoms with van der Waals surface area (Å²) >= 11 is 0.832. The Kier molecular flexibility index (Phi) is 3.93. The van der Waals surface area contributed by atoms with Gasteiger partial charge in [0, 0.05) is 6.04 Å². The summed E-state index contributed by atoms with van der Waals surface area (Å²) in [6, 6.07) is -0.703. The molecular weight excluding hydrogens is 326 g/mol. The summed E-state index contributed by atoms with van der Waals surface area (Å²) in [5.41, 5.74) is 0.334. The summed E-state index contributed by atoms with van der Waals surface area (Å²) in [4.78, 5) is 10.5. The van der Waals surface area contributed by atoms with Crippen molar-refractivity contribution in [1.82, 2.24) is 4.72 Å². The molecule has 0 saturated carbocycles. The highest BCUT2D eigenvalue weighted by Gasteiger charge is 2.34. The maximum Gasteiger partial charge on any atom is 0.347 e. The van der Waals surface area contributed by atoms with Gasteiger partial charge in [0.25, 0.3) is 0 Å². The Labute approximate surface area is 120 Å². The molecule has 1 atom stereocenters. The summed E-state index contributed by atoms with van der Waals surface area (Å²) < 4.78 is 49.4. The van der Waals surface area contributed by atoms with Crippen molar-refractivity contribution >= 4 is 37.2 Å². The van der Waals surface area contributed by atoms with E-state index in [4.69, 9.17) is 5.11 Å². The molecule has 2 rings (SSSR count). The SMILES string of the molecule is Cc1csc(C(=O)O)c1S(=O)(=O)NC1CCS(=O)(=O)C1. The summed E-state index contributed by atoms with van der Waals surface area (Å²) in [6.07, 6.45) is 0.202. The number of sulfonamides is 1. The molecule has 1 fully saturated rings. The van der Waals surface area contributed by atoms with Crippen molar-refractivity contribution in [3.63, 3.8) is 0 Å². The number of rotatable bonds is 4. The lowest BCUT2D eigenvalue weighted by atomic mass is 10.3. The largest absolute Gasteiger partial charge is 0.477 e. The number of hydrogen-bond acceptors (Lipinski definition) is 6. The molecular formula is C10H13NO6S3. The Balaban J connectivity index is 2.32. The van der Waals surface area contributed by atoms with Gasteiger partial charge in [-0.3, -0.25) is 0 Å². The van der Waals surface area contributed by atoms with Crippen LogP contribution >= 0.6 is 11.3 Å². The van der Waals surface area contributed by atoms with Crippen LogP contribution in [0.4, 0.5) is 0 Å². The molecule has 1 saturated heterocycles. The summed E-state index contributed by atoms with van der Waals surface area (Å²) in [5.74, 6) is -1.63. The molecule has 0 bridgehead atoms. The van der Waals surface area contributed by atoms with Crippen LogP contribution in [-0.4, -0.2) is 45.5 Å². The number of hydrogen-bond donors (Lipinski definition) is 2. The maximum absolute atomic E-state index is 12.2. The molecule has 1 unspecified atom stereocenters. The molecule has 2 N–H and O–H groups in total. The van der Waals surface area contributed by atoms with Gasteiger partial charge in [-0.1, -0.05) is 0 Å². The zero-order chi connectivity index (χ0) is 15.1. The van der Waals surface area contributed by atoms with Gasteiger partial charge in [-0.2, -0.15) is 0 Å². The van der Waals surface area contributed by atoms with E-state index in [0.717, 1.165) is 11.3 Å². The van der Waals surface area contributed by atoms with Crippen molar-refractivity contribution in [2.75, 3.05) is 11.5 Å². The smallest absolute Gasteiger partial charge is 0.347 e. The molecule has 1 aliphatic heterocycles. The third-order valence-corrected chi connectivity index (χ3v) is 7.63. The molecule has 1 aromatic rings. The van der Waals surface area contributed by atoms with Gasteiger partial charge in [0.2, 0.25) is 10.0 Å². The number of nitrogens with one attached hydrogen (secondary N) is 1. The normalized spacial score (nSPS) is 21.9. The van der Waals surface area contributed by atoms with Crippen LogP contribution in [0, 0.1) is 6.92 Å². The first-order valence-corrected chi connectivity index (χ1v) is 9.85. The fraction of sp³-hybridized carbons (Fsp3) is 0.500. The standard InChI is InChI=1S/C10H13NO6S3/c1-6-4-18-8(10(12)13)9(6)20(16,17)11-7-2-3-19(14,15)5-7/h4,7,11H,2-3,5H2,1H3,(H,12,13). The lowest BCUT2D eigenvalue weighted by molar-refractivity contribution is 0.0698. The average Bonchev–Trinajstić information content (AvgIpc) is 2.81. The molecule has 10 heteroatoms. The fourth-order valence-corrected chi connectivity index (χ4v) is 6.76. The van der Waals surface area contributed by atoms with Crippen molar-refractivity contribution in [2.24, 2.45) is 0 Å². The minimum atomic E-state index is -4.04. The van der Waals surface area contributed by atoms with Gasteiger partial charge >= 0.3 is 5.97 Å². The Morgan fingerprint density at radius 1 is 1.50 bits per heavy atom. The number of carboxylic acid groups (broad SMARTS) is 1. The van der Waals surface area contributed by atoms with E-state index in [0.29, 0.717) is 5.56 Å². The molecule has 0 amide bonds. The highest BCUT2D eigenvalue weighted by atomic mass is 32.2. The van der Waals surface area contributed by atoms with E-state index in [2.05, 4.69) is 4.72 Å². The second-order valence-electron chi connectivity index (χ2n) is 4.60. The van der Waals surface area contributed by atoms with Crippen LogP contribution in [0.15, 0.2) is 10.3 Å². The molecule has 0 aromatic carbocycles. The van der Waals surface area contributed by atoms with Crippen LogP contribution in [0.5, 0.6) is 0 Å². The van der Waals surface area contributed by atoms with Gasteiger partial charge in [-0.15, -0.1) is 11.3 Å². The molecule has 7 nitrogen and oxygen atoms in total. The van der Waals surface area contributed by atoms with Gasteiger partial charge in [0.1, 0.15) is 9.77 Å². The third-order valence-electron chi connectivity index (χ3n) is 2.94. The predicted molar refractivity (Wildman–Crippen MR) is 73.4 cm³/mol. The van der Waals surface area contributed by atoms with E-state index in [-0.39, 0.29) is 27.7 Å². The summed E-state index contributed by atoms with van der Waals surface area (Å²) in [7, 11) is -7.26. The first-order chi connectivity index (χ1) is 9.12. The molecule has 0 radical (unpaired) electrons. The third kappa shape index (κ3) is 3.03. The molecule has 0 spiro atoms. The second kappa shape index (κ2) is 5.10. The summed E-state index contributed by atoms with van der Waals surface area (Å²) in [6.45, 7) is 1.50. The van der Waals surface area contributed by atoms with Crippen LogP contribution in [-0.2, 0) is 19.9 Å². The van der Waals surface area contributed by atoms with E-state index < -0.39 is 31.9 Å². The van der Waals surface area contributed by atoms with Crippen LogP contribution in [0.3, 0.4) is 0 Å². The predicted octanol–water partition coefficient (Wildman–Crippen LogP) is 0.220. The van der Waals surface area contributed by atoms with Gasteiger partial charge in [-0.05, 0) is 24.3 Å². The number of thiophene rings is 1. The maximum atomic E-state index is 12.2. The first-order valence-electron chi connectivity index (χ1n) is 5.66. The van der Waals surface area contributed by atoms with E-state index >= 15 is 0 Å². The number of aryl methyl sites for hydroxylation is 1. The van der Waals surface area contributed by atoms with Crippen molar-refractivity contribution in [3.8, 4) is 0 Å². The topological polar surface area (TPSA) is 118 Å². The van der Waals surface area contributed by atoms with Gasteiger partial charge < -0.3 is 5.11 Å². The van der Waals surface area contributed by atoms with Crippen molar-refractivity contribution < 1.29 is 26.7 Å². The Bertz CT molecular complexity index is 746. The highest BCUT2D eigenvalue weighted by Crippen LogP contribution is 2.27. The zero-order valence-electron chi connectivity index (χ0n) is 10.5. The van der Waals surface area contributed by atoms with Gasteiger partial charge in [0.05, 0.1) is 11.5 Å². The molecule has 1 aliphatic rings. The monoisotopic (exact) mass is 339 g/mol. The fourth-order valence-electron chi connectivity index (χ4n) is 2.08. The van der Waals surface area contributed by atoms with Gasteiger partial charge in [0.15, 0.2) is 9.84 Å². The molecule has 0 aliphatic carbocycles. The van der Waals surface area contributed by atoms with Crippen LogP contribution in [0.25, 0.3) is 0 Å². The van der Waals surface area contributed by atoms with Crippen LogP contribution in [0.1, 0.15) is 21.7 Å². The van der Waals surface area contributed by atoms with E-state index in [1.165, 1.54) is 12.3 Å². The van der Waals surface area contributed by atoms with E-state index in [9.17, 15) is 21.6 Å². The first kappa shape index (κ1) is 15.4. The van der Waals surface area contributed by atoms with Gasteiger partial charge in [-0.25, -0.2) is 26.4 Å². The minimum Gasteiger partial charge on any atom is -0.477 e. The van der Waals surface area contributed by atoms with Crippen LogP contribution in [0.2, 0.25) is 0 Å². The summed E-state index contributed by atoms with van der Waals surface area (Å²) in [5, 5.41) is 10.5. The quantitative estimate of drug-likeness (QED) is 0.810. The molecule has 2 heterocycles. The Morgan fingerprint density at radius 3 is 2.65 bits per heavy atom. The van der Waals surface area contributed by atoms with Crippen molar-refractivity contribution in [3.05, 3.63) is 15.8 Å². The highest BCUT2D eigenvalue weighted by molar-refractivity contribution is 7.92. The minimum absolute atomic E-state index is 0.0609. The second-order valence-corrected chi connectivity index (χ2v) is 9.36. The number of aromatic carboxylic acids is 1. The molecule has 112 valence electrons. The Morgan fingerprint density at radius 2 is 2.15 bits per heavy atom. The van der Waals surface area contributed by atoms with Crippen molar-refractivity contribution in [2.45, 2.75) is 24.3 Å². The average molecular weight is 339 g/mol. The number of carboxylic acids is 1. The van der Waals surface area contributed by atoms with E-state index in [1.54, 1.807) is 0 Å². The van der Waals surface area contributed by atoms with Crippen LogP contribution < -0.4 is 4.72 Å². The lowest BCUT2D eigenvalue weighted by Gasteiger charge is -2.12. The Hall–Kier alpha value is -0.970. The van der Waals surface area contributed by atoms with E-state index in [1.807, 2.05) is 0 Å².